The third kappa shape index (κ3) is 11.5. The zero-order valence-electron chi connectivity index (χ0n) is 31.7. The Hall–Kier alpha value is -3.44. The first-order valence-electron chi connectivity index (χ1n) is 20.3. The third-order valence-corrected chi connectivity index (χ3v) is 10.2. The first-order chi connectivity index (χ1) is 24.5. The second-order valence-corrected chi connectivity index (χ2v) is 14.9. The van der Waals surface area contributed by atoms with E-state index in [4.69, 9.17) is 14.7 Å². The summed E-state index contributed by atoms with van der Waals surface area (Å²) in [5.41, 5.74) is 10.8. The zero-order valence-corrected chi connectivity index (χ0v) is 31.7. The van der Waals surface area contributed by atoms with Crippen LogP contribution in [0.4, 0.5) is 0 Å². The molecule has 8 bridgehead atoms. The van der Waals surface area contributed by atoms with E-state index >= 15 is 0 Å². The number of nitrogens with one attached hydrogen (secondary N) is 2. The number of rotatable bonds is 22. The van der Waals surface area contributed by atoms with Gasteiger partial charge >= 0.3 is 0 Å². The second kappa shape index (κ2) is 20.4. The molecule has 0 amide bonds. The van der Waals surface area contributed by atoms with E-state index in [1.165, 1.54) is 114 Å². The minimum atomic E-state index is -0.0162. The number of nitrogens with zero attached hydrogens (tertiary/aromatic N) is 2. The SMILES string of the molecule is CCCCCCCCCCCc1c2nc(cc3ccc([nH]3)c(C(CCCCCCCCCC)OC(C)C)c3ccc(cc4nc1C=C4)[nH]3)C=C2. The van der Waals surface area contributed by atoms with Crippen LogP contribution in [0.2, 0.25) is 0 Å². The molecule has 5 heterocycles. The molecule has 2 aliphatic heterocycles. The lowest BCUT2D eigenvalue weighted by molar-refractivity contribution is 0.00175. The van der Waals surface area contributed by atoms with Crippen LogP contribution in [0, 0.1) is 0 Å². The number of H-pyrrole nitrogens is 2. The van der Waals surface area contributed by atoms with Gasteiger partial charge in [-0.2, -0.15) is 0 Å². The van der Waals surface area contributed by atoms with Gasteiger partial charge in [-0.05, 0) is 93.8 Å². The molecular formula is C45H64N4O. The van der Waals surface area contributed by atoms with Crippen LogP contribution < -0.4 is 0 Å². The Kier molecular flexibility index (Phi) is 15.4. The Morgan fingerprint density at radius 1 is 0.560 bits per heavy atom. The van der Waals surface area contributed by atoms with Crippen molar-refractivity contribution in [3.05, 3.63) is 70.3 Å². The fourth-order valence-corrected chi connectivity index (χ4v) is 7.44. The van der Waals surface area contributed by atoms with Gasteiger partial charge in [-0.15, -0.1) is 0 Å². The molecule has 2 aliphatic rings. The normalized spacial score (nSPS) is 13.1. The number of fused-ring (bicyclic) bond motifs is 8. The van der Waals surface area contributed by atoms with E-state index in [0.29, 0.717) is 0 Å². The molecular weight excluding hydrogens is 613 g/mol. The van der Waals surface area contributed by atoms with Gasteiger partial charge in [0.25, 0.3) is 0 Å². The summed E-state index contributed by atoms with van der Waals surface area (Å²) in [5, 5.41) is 0. The summed E-state index contributed by atoms with van der Waals surface area (Å²) in [6, 6.07) is 13.1. The molecule has 5 rings (SSSR count). The van der Waals surface area contributed by atoms with Gasteiger partial charge in [-0.3, -0.25) is 0 Å². The molecule has 270 valence electrons. The maximum Gasteiger partial charge on any atom is 0.0868 e. The van der Waals surface area contributed by atoms with Crippen molar-refractivity contribution in [2.24, 2.45) is 0 Å². The minimum absolute atomic E-state index is 0.0162. The van der Waals surface area contributed by atoms with Crippen molar-refractivity contribution in [1.29, 1.82) is 0 Å². The van der Waals surface area contributed by atoms with Crippen molar-refractivity contribution in [2.45, 2.75) is 162 Å². The molecule has 2 N–H and O–H groups in total. The maximum absolute atomic E-state index is 6.69. The van der Waals surface area contributed by atoms with E-state index in [2.05, 4.69) is 98.4 Å². The number of unbranched alkanes of at least 4 members (excludes halogenated alkanes) is 15. The average molecular weight is 677 g/mol. The molecule has 0 saturated carbocycles. The lowest BCUT2D eigenvalue weighted by Crippen LogP contribution is -2.11. The summed E-state index contributed by atoms with van der Waals surface area (Å²) in [6.07, 6.45) is 33.1. The van der Waals surface area contributed by atoms with Crippen LogP contribution in [-0.4, -0.2) is 26.0 Å². The van der Waals surface area contributed by atoms with Gasteiger partial charge in [0.05, 0.1) is 35.0 Å². The molecule has 3 aromatic rings. The monoisotopic (exact) mass is 677 g/mol. The van der Waals surface area contributed by atoms with Crippen molar-refractivity contribution in [3.8, 4) is 0 Å². The maximum atomic E-state index is 6.69. The molecule has 5 heteroatoms. The minimum Gasteiger partial charge on any atom is -0.371 e. The largest absolute Gasteiger partial charge is 0.371 e. The molecule has 50 heavy (non-hydrogen) atoms. The Balaban J connectivity index is 1.43. The van der Waals surface area contributed by atoms with E-state index in [9.17, 15) is 0 Å². The number of hydrogen-bond donors (Lipinski definition) is 2. The van der Waals surface area contributed by atoms with E-state index in [-0.39, 0.29) is 12.2 Å². The highest BCUT2D eigenvalue weighted by atomic mass is 16.5. The average Bonchev–Trinajstić information content (AvgIpc) is 3.93. The predicted molar refractivity (Wildman–Crippen MR) is 216 cm³/mol. The van der Waals surface area contributed by atoms with Gasteiger partial charge < -0.3 is 14.7 Å². The van der Waals surface area contributed by atoms with Crippen molar-refractivity contribution in [3.63, 3.8) is 0 Å². The molecule has 0 aromatic carbocycles. The van der Waals surface area contributed by atoms with Crippen LogP contribution in [0.15, 0.2) is 36.4 Å². The number of ether oxygens (including phenoxy) is 1. The zero-order chi connectivity index (χ0) is 35.0. The third-order valence-electron chi connectivity index (χ3n) is 10.2. The standard InChI is InChI=1S/C45H64N4O/c1-5-7-9-11-13-15-16-18-20-22-39-40-28-24-35(46-40)32-37-26-30-42(48-37)45(43-31-27-38(49-43)33-36-25-29-41(39)47-36)44(50-34(3)4)23-21-19-17-14-12-10-8-6-2/h24-34,44,48-49H,5-23H2,1-4H3. The van der Waals surface area contributed by atoms with Crippen LogP contribution in [0.3, 0.4) is 0 Å². The fourth-order valence-electron chi connectivity index (χ4n) is 7.44. The second-order valence-electron chi connectivity index (χ2n) is 14.9. The first-order valence-corrected chi connectivity index (χ1v) is 20.3. The van der Waals surface area contributed by atoms with E-state index in [1.807, 2.05) is 0 Å². The lowest BCUT2D eigenvalue weighted by Gasteiger charge is -2.21. The molecule has 3 aromatic heterocycles. The molecule has 0 saturated heterocycles. The van der Waals surface area contributed by atoms with E-state index in [0.717, 1.165) is 64.1 Å². The summed E-state index contributed by atoms with van der Waals surface area (Å²) >= 11 is 0. The van der Waals surface area contributed by atoms with Crippen molar-refractivity contribution < 1.29 is 4.74 Å². The Labute approximate surface area is 302 Å². The summed E-state index contributed by atoms with van der Waals surface area (Å²) < 4.78 is 6.69. The van der Waals surface area contributed by atoms with Gasteiger partial charge in [0, 0.05) is 33.2 Å². The van der Waals surface area contributed by atoms with Gasteiger partial charge in [0.15, 0.2) is 0 Å². The van der Waals surface area contributed by atoms with Crippen LogP contribution >= 0.6 is 0 Å². The Morgan fingerprint density at radius 3 is 1.50 bits per heavy atom. The van der Waals surface area contributed by atoms with Gasteiger partial charge in [-0.25, -0.2) is 9.97 Å². The van der Waals surface area contributed by atoms with Crippen LogP contribution in [0.1, 0.15) is 183 Å². The predicted octanol–water partition coefficient (Wildman–Crippen LogP) is 13.7. The molecule has 5 nitrogen and oxygen atoms in total. The summed E-state index contributed by atoms with van der Waals surface area (Å²) in [5.74, 6) is 0. The lowest BCUT2D eigenvalue weighted by atomic mass is 10.0. The Bertz CT molecular complexity index is 1600. The van der Waals surface area contributed by atoms with Crippen LogP contribution in [0.5, 0.6) is 0 Å². The highest BCUT2D eigenvalue weighted by Crippen LogP contribution is 2.32. The van der Waals surface area contributed by atoms with E-state index in [1.54, 1.807) is 0 Å². The highest BCUT2D eigenvalue weighted by molar-refractivity contribution is 5.80. The molecule has 0 radical (unpaired) electrons. The summed E-state index contributed by atoms with van der Waals surface area (Å²) in [6.45, 7) is 8.87. The molecule has 1 atom stereocenters. The quantitative estimate of drug-likeness (QED) is 0.0717. The van der Waals surface area contributed by atoms with Gasteiger partial charge in [0.2, 0.25) is 0 Å². The topological polar surface area (TPSA) is 66.6 Å². The molecule has 0 spiro atoms. The Morgan fingerprint density at radius 2 is 1.02 bits per heavy atom. The van der Waals surface area contributed by atoms with Gasteiger partial charge in [-0.1, -0.05) is 117 Å². The highest BCUT2D eigenvalue weighted by Gasteiger charge is 2.19. The number of aromatic nitrogens is 4. The molecule has 1 unspecified atom stereocenters. The van der Waals surface area contributed by atoms with Crippen LogP contribution in [0.25, 0.3) is 46.4 Å². The molecule has 0 aliphatic carbocycles. The van der Waals surface area contributed by atoms with Crippen molar-refractivity contribution in [1.82, 2.24) is 19.9 Å². The van der Waals surface area contributed by atoms with Gasteiger partial charge in [0.1, 0.15) is 0 Å². The summed E-state index contributed by atoms with van der Waals surface area (Å²) in [4.78, 5) is 17.8. The van der Waals surface area contributed by atoms with Crippen molar-refractivity contribution >= 4 is 46.4 Å². The van der Waals surface area contributed by atoms with Crippen molar-refractivity contribution in [2.75, 3.05) is 0 Å². The summed E-state index contributed by atoms with van der Waals surface area (Å²) in [7, 11) is 0. The molecule has 0 fully saturated rings. The van der Waals surface area contributed by atoms with Crippen LogP contribution in [-0.2, 0) is 11.2 Å². The fraction of sp³-hybridized carbons (Fsp3) is 0.556. The number of aromatic amines is 2. The first kappa shape index (κ1) is 37.8. The smallest absolute Gasteiger partial charge is 0.0868 e. The number of hydrogen-bond acceptors (Lipinski definition) is 3. The van der Waals surface area contributed by atoms with E-state index < -0.39 is 0 Å².